The van der Waals surface area contributed by atoms with Crippen molar-refractivity contribution in [2.24, 2.45) is 0 Å². The zero-order valence-electron chi connectivity index (χ0n) is 8.42. The van der Waals surface area contributed by atoms with Gasteiger partial charge in [0.1, 0.15) is 5.75 Å². The first-order valence-electron chi connectivity index (χ1n) is 4.88. The van der Waals surface area contributed by atoms with Crippen LogP contribution in [0.2, 0.25) is 0 Å². The molecule has 0 amide bonds. The maximum absolute atomic E-state index is 5.20. The first-order chi connectivity index (χ1) is 6.85. The van der Waals surface area contributed by atoms with Gasteiger partial charge in [-0.2, -0.15) is 0 Å². The normalized spacial score (nSPS) is 19.9. The Morgan fingerprint density at radius 3 is 3.14 bits per heavy atom. The average Bonchev–Trinajstić information content (AvgIpc) is 2.27. The highest BCUT2D eigenvalue weighted by atomic mass is 16.5. The molecule has 0 radical (unpaired) electrons. The molecule has 1 N–H and O–H groups in total. The third-order valence-corrected chi connectivity index (χ3v) is 2.68. The Labute approximate surface area is 84.6 Å². The summed E-state index contributed by atoms with van der Waals surface area (Å²) in [6.07, 6.45) is 3.02. The van der Waals surface area contributed by atoms with E-state index in [2.05, 4.69) is 24.0 Å². The smallest absolute Gasteiger partial charge is 0.119 e. The van der Waals surface area contributed by atoms with Crippen LogP contribution in [0.1, 0.15) is 17.2 Å². The Balaban J connectivity index is 2.40. The van der Waals surface area contributed by atoms with Crippen LogP contribution in [0.15, 0.2) is 30.9 Å². The molecular formula is C12H15NO. The highest BCUT2D eigenvalue weighted by Gasteiger charge is 2.16. The van der Waals surface area contributed by atoms with Gasteiger partial charge in [0.25, 0.3) is 0 Å². The van der Waals surface area contributed by atoms with E-state index in [0.29, 0.717) is 6.04 Å². The molecule has 1 atom stereocenters. The summed E-state index contributed by atoms with van der Waals surface area (Å²) in [6.45, 7) is 4.84. The van der Waals surface area contributed by atoms with Crippen LogP contribution < -0.4 is 10.1 Å². The van der Waals surface area contributed by atoms with Gasteiger partial charge < -0.3 is 10.1 Å². The zero-order chi connectivity index (χ0) is 9.97. The SMILES string of the molecule is C=CC1NCCc2cc(OC)ccc21. The van der Waals surface area contributed by atoms with E-state index in [1.165, 1.54) is 11.1 Å². The minimum Gasteiger partial charge on any atom is -0.497 e. The molecule has 0 fully saturated rings. The molecule has 0 bridgehead atoms. The molecular weight excluding hydrogens is 174 g/mol. The van der Waals surface area contributed by atoms with Gasteiger partial charge in [-0.15, -0.1) is 6.58 Å². The van der Waals surface area contributed by atoms with Gasteiger partial charge in [0.05, 0.1) is 13.2 Å². The Kier molecular flexibility index (Phi) is 2.55. The molecule has 0 saturated heterocycles. The molecule has 0 saturated carbocycles. The van der Waals surface area contributed by atoms with Gasteiger partial charge in [0, 0.05) is 6.54 Å². The van der Waals surface area contributed by atoms with Crippen molar-refractivity contribution in [3.8, 4) is 5.75 Å². The minimum absolute atomic E-state index is 0.296. The van der Waals surface area contributed by atoms with E-state index in [0.717, 1.165) is 18.7 Å². The first-order valence-corrected chi connectivity index (χ1v) is 4.88. The zero-order valence-corrected chi connectivity index (χ0v) is 8.42. The van der Waals surface area contributed by atoms with E-state index in [1.807, 2.05) is 12.1 Å². The van der Waals surface area contributed by atoms with Crippen molar-refractivity contribution in [2.75, 3.05) is 13.7 Å². The van der Waals surface area contributed by atoms with Crippen LogP contribution in [-0.4, -0.2) is 13.7 Å². The van der Waals surface area contributed by atoms with E-state index in [9.17, 15) is 0 Å². The fourth-order valence-electron chi connectivity index (χ4n) is 1.91. The Hall–Kier alpha value is -1.28. The van der Waals surface area contributed by atoms with Crippen LogP contribution in [0, 0.1) is 0 Å². The van der Waals surface area contributed by atoms with E-state index in [-0.39, 0.29) is 0 Å². The quantitative estimate of drug-likeness (QED) is 0.719. The van der Waals surface area contributed by atoms with Crippen LogP contribution in [0.25, 0.3) is 0 Å². The van der Waals surface area contributed by atoms with Crippen LogP contribution >= 0.6 is 0 Å². The summed E-state index contributed by atoms with van der Waals surface area (Å²) in [4.78, 5) is 0. The lowest BCUT2D eigenvalue weighted by molar-refractivity contribution is 0.413. The number of methoxy groups -OCH3 is 1. The lowest BCUT2D eigenvalue weighted by atomic mass is 9.94. The molecule has 2 heteroatoms. The van der Waals surface area contributed by atoms with E-state index in [4.69, 9.17) is 4.74 Å². The monoisotopic (exact) mass is 189 g/mol. The summed E-state index contributed by atoms with van der Waals surface area (Å²) in [5, 5.41) is 3.40. The van der Waals surface area contributed by atoms with Crippen molar-refractivity contribution in [1.82, 2.24) is 5.32 Å². The number of benzene rings is 1. The van der Waals surface area contributed by atoms with E-state index < -0.39 is 0 Å². The van der Waals surface area contributed by atoms with Crippen molar-refractivity contribution < 1.29 is 4.74 Å². The number of ether oxygens (including phenoxy) is 1. The van der Waals surface area contributed by atoms with Gasteiger partial charge in [-0.25, -0.2) is 0 Å². The summed E-state index contributed by atoms with van der Waals surface area (Å²) in [7, 11) is 1.70. The fourth-order valence-corrected chi connectivity index (χ4v) is 1.91. The molecule has 0 aliphatic carbocycles. The van der Waals surface area contributed by atoms with Crippen molar-refractivity contribution >= 4 is 0 Å². The van der Waals surface area contributed by atoms with E-state index in [1.54, 1.807) is 7.11 Å². The molecule has 1 heterocycles. The Bertz CT molecular complexity index is 346. The molecule has 74 valence electrons. The standard InChI is InChI=1S/C12H15NO/c1-3-12-11-5-4-10(14-2)8-9(11)6-7-13-12/h3-5,8,12-13H,1,6-7H2,2H3. The van der Waals surface area contributed by atoms with Gasteiger partial charge in [-0.1, -0.05) is 12.1 Å². The predicted molar refractivity (Wildman–Crippen MR) is 57.6 cm³/mol. The molecule has 1 aromatic carbocycles. The van der Waals surface area contributed by atoms with Crippen molar-refractivity contribution in [3.05, 3.63) is 42.0 Å². The average molecular weight is 189 g/mol. The van der Waals surface area contributed by atoms with Crippen LogP contribution in [-0.2, 0) is 6.42 Å². The minimum atomic E-state index is 0.296. The molecule has 2 nitrogen and oxygen atoms in total. The number of hydrogen-bond acceptors (Lipinski definition) is 2. The molecule has 1 unspecified atom stereocenters. The lowest BCUT2D eigenvalue weighted by Gasteiger charge is -2.24. The molecule has 1 aromatic rings. The molecule has 1 aliphatic rings. The van der Waals surface area contributed by atoms with Crippen molar-refractivity contribution in [3.63, 3.8) is 0 Å². The number of rotatable bonds is 2. The molecule has 2 rings (SSSR count). The van der Waals surface area contributed by atoms with Crippen molar-refractivity contribution in [1.29, 1.82) is 0 Å². The third kappa shape index (κ3) is 1.53. The predicted octanol–water partition coefficient (Wildman–Crippen LogP) is 2.07. The van der Waals surface area contributed by atoms with Gasteiger partial charge in [0.2, 0.25) is 0 Å². The summed E-state index contributed by atoms with van der Waals surface area (Å²) in [5.41, 5.74) is 2.69. The van der Waals surface area contributed by atoms with Gasteiger partial charge in [0.15, 0.2) is 0 Å². The summed E-state index contributed by atoms with van der Waals surface area (Å²) < 4.78 is 5.20. The topological polar surface area (TPSA) is 21.3 Å². The number of hydrogen-bond donors (Lipinski definition) is 1. The molecule has 1 aliphatic heterocycles. The third-order valence-electron chi connectivity index (χ3n) is 2.68. The van der Waals surface area contributed by atoms with Gasteiger partial charge >= 0.3 is 0 Å². The van der Waals surface area contributed by atoms with Crippen LogP contribution in [0.5, 0.6) is 5.75 Å². The lowest BCUT2D eigenvalue weighted by Crippen LogP contribution is -2.28. The molecule has 0 spiro atoms. The highest BCUT2D eigenvalue weighted by Crippen LogP contribution is 2.26. The molecule has 14 heavy (non-hydrogen) atoms. The second-order valence-electron chi connectivity index (χ2n) is 3.48. The van der Waals surface area contributed by atoms with Crippen LogP contribution in [0.3, 0.4) is 0 Å². The van der Waals surface area contributed by atoms with Crippen molar-refractivity contribution in [2.45, 2.75) is 12.5 Å². The largest absolute Gasteiger partial charge is 0.497 e. The second-order valence-corrected chi connectivity index (χ2v) is 3.48. The van der Waals surface area contributed by atoms with Gasteiger partial charge in [-0.3, -0.25) is 0 Å². The molecule has 0 aromatic heterocycles. The summed E-state index contributed by atoms with van der Waals surface area (Å²) in [5.74, 6) is 0.938. The first kappa shape index (κ1) is 9.28. The summed E-state index contributed by atoms with van der Waals surface area (Å²) >= 11 is 0. The maximum Gasteiger partial charge on any atom is 0.119 e. The Morgan fingerprint density at radius 2 is 2.43 bits per heavy atom. The van der Waals surface area contributed by atoms with Gasteiger partial charge in [-0.05, 0) is 29.7 Å². The Morgan fingerprint density at radius 1 is 1.57 bits per heavy atom. The maximum atomic E-state index is 5.20. The summed E-state index contributed by atoms with van der Waals surface area (Å²) in [6, 6.07) is 6.53. The van der Waals surface area contributed by atoms with E-state index >= 15 is 0 Å². The second kappa shape index (κ2) is 3.84. The highest BCUT2D eigenvalue weighted by molar-refractivity contribution is 5.40. The number of fused-ring (bicyclic) bond motifs is 1. The fraction of sp³-hybridized carbons (Fsp3) is 0.333. The van der Waals surface area contributed by atoms with Crippen LogP contribution in [0.4, 0.5) is 0 Å². The number of nitrogens with one attached hydrogen (secondary N) is 1.